The summed E-state index contributed by atoms with van der Waals surface area (Å²) in [5, 5.41) is 15.9. The number of aryl methyl sites for hydroxylation is 1. The lowest BCUT2D eigenvalue weighted by Gasteiger charge is -2.12. The number of carboxylic acid groups (broad SMARTS) is 1. The summed E-state index contributed by atoms with van der Waals surface area (Å²) in [4.78, 5) is 27.5. The molecule has 1 amide bonds. The van der Waals surface area contributed by atoms with E-state index in [1.165, 1.54) is 37.8 Å². The maximum Gasteiger partial charge on any atom is 0.340 e. The Kier molecular flexibility index (Phi) is 6.07. The van der Waals surface area contributed by atoms with Crippen LogP contribution in [0.3, 0.4) is 0 Å². The van der Waals surface area contributed by atoms with Crippen LogP contribution in [0.4, 0.5) is 0 Å². The van der Waals surface area contributed by atoms with Crippen molar-refractivity contribution < 1.29 is 24.2 Å². The van der Waals surface area contributed by atoms with Crippen LogP contribution in [0.25, 0.3) is 0 Å². The molecule has 0 fully saturated rings. The fourth-order valence-corrected chi connectivity index (χ4v) is 2.75. The van der Waals surface area contributed by atoms with Crippen LogP contribution in [0.2, 0.25) is 0 Å². The van der Waals surface area contributed by atoms with Crippen LogP contribution in [0, 0.1) is 6.92 Å². The van der Waals surface area contributed by atoms with E-state index in [9.17, 15) is 14.7 Å². The number of nitrogens with zero attached hydrogens (tertiary/aromatic N) is 2. The predicted octanol–water partition coefficient (Wildman–Crippen LogP) is 1.86. The molecular formula is C16H17N3O5S. The number of methoxy groups -OCH3 is 2. The van der Waals surface area contributed by atoms with E-state index in [0.717, 1.165) is 5.01 Å². The van der Waals surface area contributed by atoms with Crippen LogP contribution in [0.1, 0.15) is 26.6 Å². The fraction of sp³-hybridized carbons (Fsp3) is 0.250. The molecule has 2 rings (SSSR count). The maximum atomic E-state index is 11.8. The van der Waals surface area contributed by atoms with E-state index in [4.69, 9.17) is 9.47 Å². The summed E-state index contributed by atoms with van der Waals surface area (Å²) in [7, 11) is 2.76. The smallest absolute Gasteiger partial charge is 0.340 e. The van der Waals surface area contributed by atoms with Crippen molar-refractivity contribution in [2.45, 2.75) is 13.3 Å². The zero-order valence-corrected chi connectivity index (χ0v) is 14.7. The zero-order valence-electron chi connectivity index (χ0n) is 13.9. The summed E-state index contributed by atoms with van der Waals surface area (Å²) in [5.41, 5.74) is 3.18. The Morgan fingerprint density at radius 1 is 1.36 bits per heavy atom. The second-order valence-corrected chi connectivity index (χ2v) is 5.96. The van der Waals surface area contributed by atoms with E-state index >= 15 is 0 Å². The van der Waals surface area contributed by atoms with E-state index in [-0.39, 0.29) is 29.2 Å². The SMILES string of the molecule is COc1ccc(/C=N\NC(=O)Cc2csc(C)n2)c(C(=O)O)c1OC. The van der Waals surface area contributed by atoms with Crippen molar-refractivity contribution in [2.24, 2.45) is 5.10 Å². The van der Waals surface area contributed by atoms with Gasteiger partial charge in [0.1, 0.15) is 5.56 Å². The summed E-state index contributed by atoms with van der Waals surface area (Å²) < 4.78 is 10.2. The molecule has 0 aliphatic heterocycles. The van der Waals surface area contributed by atoms with Gasteiger partial charge in [-0.05, 0) is 19.1 Å². The number of amides is 1. The number of hydrogen-bond donors (Lipinski definition) is 2. The lowest BCUT2D eigenvalue weighted by atomic mass is 10.1. The van der Waals surface area contributed by atoms with Gasteiger partial charge in [0.2, 0.25) is 5.91 Å². The van der Waals surface area contributed by atoms with Crippen molar-refractivity contribution in [3.05, 3.63) is 39.3 Å². The highest BCUT2D eigenvalue weighted by Crippen LogP contribution is 2.32. The number of thiazole rings is 1. The van der Waals surface area contributed by atoms with Gasteiger partial charge in [0.15, 0.2) is 11.5 Å². The topological polar surface area (TPSA) is 110 Å². The second-order valence-electron chi connectivity index (χ2n) is 4.90. The molecule has 2 aromatic rings. The molecule has 1 aromatic heterocycles. The van der Waals surface area contributed by atoms with E-state index in [2.05, 4.69) is 15.5 Å². The molecule has 25 heavy (non-hydrogen) atoms. The van der Waals surface area contributed by atoms with Crippen LogP contribution in [0.5, 0.6) is 11.5 Å². The molecule has 0 bridgehead atoms. The molecule has 0 aliphatic carbocycles. The third-order valence-corrected chi connectivity index (χ3v) is 4.02. The number of aromatic carboxylic acids is 1. The predicted molar refractivity (Wildman–Crippen MR) is 92.8 cm³/mol. The average Bonchev–Trinajstić information content (AvgIpc) is 2.98. The minimum absolute atomic E-state index is 0.0863. The average molecular weight is 363 g/mol. The molecule has 0 atom stereocenters. The molecule has 0 saturated heterocycles. The number of rotatable bonds is 7. The number of carbonyl (C=O) groups excluding carboxylic acids is 1. The third-order valence-electron chi connectivity index (χ3n) is 3.19. The largest absolute Gasteiger partial charge is 0.493 e. The number of carbonyl (C=O) groups is 2. The summed E-state index contributed by atoms with van der Waals surface area (Å²) in [6.45, 7) is 1.86. The third kappa shape index (κ3) is 4.54. The first-order valence-electron chi connectivity index (χ1n) is 7.17. The molecule has 0 saturated carbocycles. The first-order chi connectivity index (χ1) is 12.0. The van der Waals surface area contributed by atoms with Crippen molar-refractivity contribution in [3.63, 3.8) is 0 Å². The van der Waals surface area contributed by atoms with E-state index < -0.39 is 5.97 Å². The van der Waals surface area contributed by atoms with Gasteiger partial charge in [-0.3, -0.25) is 4.79 Å². The molecule has 1 heterocycles. The highest BCUT2D eigenvalue weighted by molar-refractivity contribution is 7.09. The van der Waals surface area contributed by atoms with Gasteiger partial charge in [0.25, 0.3) is 0 Å². The Balaban J connectivity index is 2.14. The van der Waals surface area contributed by atoms with Crippen molar-refractivity contribution in [1.82, 2.24) is 10.4 Å². The fourth-order valence-electron chi connectivity index (χ4n) is 2.14. The number of benzene rings is 1. The van der Waals surface area contributed by atoms with Crippen LogP contribution >= 0.6 is 11.3 Å². The molecule has 2 N–H and O–H groups in total. The summed E-state index contributed by atoms with van der Waals surface area (Å²) in [6.07, 6.45) is 1.34. The van der Waals surface area contributed by atoms with Gasteiger partial charge in [0.05, 0.1) is 37.6 Å². The van der Waals surface area contributed by atoms with Gasteiger partial charge in [0, 0.05) is 10.9 Å². The van der Waals surface area contributed by atoms with Crippen molar-refractivity contribution in [2.75, 3.05) is 14.2 Å². The van der Waals surface area contributed by atoms with Gasteiger partial charge in [-0.15, -0.1) is 11.3 Å². The maximum absolute atomic E-state index is 11.8. The summed E-state index contributed by atoms with van der Waals surface area (Å²) in [5.74, 6) is -1.16. The number of aromatic nitrogens is 1. The quantitative estimate of drug-likeness (QED) is 0.574. The molecule has 9 heteroatoms. The van der Waals surface area contributed by atoms with Gasteiger partial charge in [-0.1, -0.05) is 0 Å². The van der Waals surface area contributed by atoms with E-state index in [0.29, 0.717) is 11.4 Å². The molecule has 0 radical (unpaired) electrons. The first kappa shape index (κ1) is 18.4. The number of hydrazone groups is 1. The van der Waals surface area contributed by atoms with Crippen LogP contribution in [-0.2, 0) is 11.2 Å². The van der Waals surface area contributed by atoms with E-state index in [1.807, 2.05) is 6.92 Å². The van der Waals surface area contributed by atoms with Crippen molar-refractivity contribution in [1.29, 1.82) is 0 Å². The van der Waals surface area contributed by atoms with Gasteiger partial charge < -0.3 is 14.6 Å². The van der Waals surface area contributed by atoms with Gasteiger partial charge >= 0.3 is 5.97 Å². The Morgan fingerprint density at radius 3 is 2.68 bits per heavy atom. The van der Waals surface area contributed by atoms with E-state index in [1.54, 1.807) is 11.4 Å². The monoisotopic (exact) mass is 363 g/mol. The lowest BCUT2D eigenvalue weighted by Crippen LogP contribution is -2.20. The summed E-state index contributed by atoms with van der Waals surface area (Å²) >= 11 is 1.46. The van der Waals surface area contributed by atoms with Gasteiger partial charge in [-0.25, -0.2) is 15.2 Å². The normalized spacial score (nSPS) is 10.7. The number of hydrogen-bond acceptors (Lipinski definition) is 7. The molecule has 0 unspecified atom stereocenters. The second kappa shape index (κ2) is 8.25. The molecular weight excluding hydrogens is 346 g/mol. The molecule has 0 spiro atoms. The molecule has 1 aromatic carbocycles. The molecule has 0 aliphatic rings. The number of nitrogens with one attached hydrogen (secondary N) is 1. The minimum atomic E-state index is -1.19. The molecule has 8 nitrogen and oxygen atoms in total. The minimum Gasteiger partial charge on any atom is -0.493 e. The highest BCUT2D eigenvalue weighted by Gasteiger charge is 2.20. The zero-order chi connectivity index (χ0) is 18.4. The van der Waals surface area contributed by atoms with Crippen LogP contribution in [0.15, 0.2) is 22.6 Å². The Morgan fingerprint density at radius 2 is 2.12 bits per heavy atom. The number of ether oxygens (including phenoxy) is 2. The standard InChI is InChI=1S/C16H17N3O5S/c1-9-18-11(8-25-9)6-13(20)19-17-7-10-4-5-12(23-2)15(24-3)14(10)16(21)22/h4-5,7-8H,6H2,1-3H3,(H,19,20)(H,21,22)/b17-7-. The van der Waals surface area contributed by atoms with Crippen molar-refractivity contribution in [3.8, 4) is 11.5 Å². The molecule has 132 valence electrons. The Hall–Kier alpha value is -2.94. The first-order valence-corrected chi connectivity index (χ1v) is 8.05. The van der Waals surface area contributed by atoms with Crippen LogP contribution < -0.4 is 14.9 Å². The lowest BCUT2D eigenvalue weighted by molar-refractivity contribution is -0.120. The van der Waals surface area contributed by atoms with Gasteiger partial charge in [-0.2, -0.15) is 5.10 Å². The van der Waals surface area contributed by atoms with Crippen LogP contribution in [-0.4, -0.2) is 42.4 Å². The Labute approximate surface area is 148 Å². The Bertz CT molecular complexity index is 816. The summed E-state index contributed by atoms with van der Waals surface area (Å²) in [6, 6.07) is 3.08. The number of carboxylic acids is 1. The van der Waals surface area contributed by atoms with Crippen molar-refractivity contribution >= 4 is 29.4 Å². The highest BCUT2D eigenvalue weighted by atomic mass is 32.1.